The number of carbonyl (C=O) groups is 2. The van der Waals surface area contributed by atoms with E-state index in [4.69, 9.17) is 4.98 Å². The lowest BCUT2D eigenvalue weighted by molar-refractivity contribution is -0.136. The fourth-order valence-electron chi connectivity index (χ4n) is 4.44. The van der Waals surface area contributed by atoms with Crippen molar-refractivity contribution in [2.24, 2.45) is 5.92 Å². The third kappa shape index (κ3) is 7.80. The predicted molar refractivity (Wildman–Crippen MR) is 141 cm³/mol. The smallest absolute Gasteiger partial charge is 0.354 e. The van der Waals surface area contributed by atoms with E-state index in [2.05, 4.69) is 35.1 Å². The molecule has 0 radical (unpaired) electrons. The summed E-state index contributed by atoms with van der Waals surface area (Å²) in [5, 5.41) is 7.05. The van der Waals surface area contributed by atoms with Crippen LogP contribution in [0.25, 0.3) is 11.0 Å². The number of alkyl halides is 3. The highest BCUT2D eigenvalue weighted by molar-refractivity contribution is 7.09. The Morgan fingerprint density at radius 1 is 1.14 bits per heavy atom. The molecule has 37 heavy (non-hydrogen) atoms. The standard InChI is InChI=1S/C27H35F3N4O2S/c1-5-19(6-2)34-23-10-9-18(15-21(23)32-24(34)16-20-8-7-13-37-20)25(35)33-22(14-17(3)4)26(36)31-12-11-27(28,29)30/h7-10,13,15,17,19,22H,5-6,11-12,14,16H2,1-4H3,(H,31,36)(H,33,35)/t22-/m0/s1. The molecule has 0 spiro atoms. The van der Waals surface area contributed by atoms with Crippen LogP contribution in [0.2, 0.25) is 0 Å². The van der Waals surface area contributed by atoms with Gasteiger partial charge < -0.3 is 15.2 Å². The molecule has 2 N–H and O–H groups in total. The van der Waals surface area contributed by atoms with Gasteiger partial charge in [0.25, 0.3) is 5.91 Å². The van der Waals surface area contributed by atoms with E-state index in [0.29, 0.717) is 23.9 Å². The minimum absolute atomic E-state index is 0.0525. The Morgan fingerprint density at radius 3 is 2.46 bits per heavy atom. The van der Waals surface area contributed by atoms with Crippen LogP contribution in [0.3, 0.4) is 0 Å². The lowest BCUT2D eigenvalue weighted by atomic mass is 10.0. The van der Waals surface area contributed by atoms with Crippen molar-refractivity contribution in [1.82, 2.24) is 20.2 Å². The first-order valence-corrected chi connectivity index (χ1v) is 13.6. The van der Waals surface area contributed by atoms with Gasteiger partial charge in [-0.05, 0) is 54.8 Å². The Morgan fingerprint density at radius 2 is 1.86 bits per heavy atom. The van der Waals surface area contributed by atoms with Gasteiger partial charge in [0.05, 0.1) is 17.5 Å². The number of halogens is 3. The van der Waals surface area contributed by atoms with Gasteiger partial charge in [-0.3, -0.25) is 9.59 Å². The van der Waals surface area contributed by atoms with Crippen LogP contribution in [0.15, 0.2) is 35.7 Å². The maximum absolute atomic E-state index is 13.1. The second-order valence-electron chi connectivity index (χ2n) is 9.64. The predicted octanol–water partition coefficient (Wildman–Crippen LogP) is 6.26. The van der Waals surface area contributed by atoms with Crippen LogP contribution < -0.4 is 10.6 Å². The molecule has 2 amide bonds. The van der Waals surface area contributed by atoms with Crippen molar-refractivity contribution in [1.29, 1.82) is 0 Å². The summed E-state index contributed by atoms with van der Waals surface area (Å²) < 4.78 is 39.7. The molecule has 0 unspecified atom stereocenters. The summed E-state index contributed by atoms with van der Waals surface area (Å²) in [6.45, 7) is 7.53. The molecule has 2 aromatic heterocycles. The van der Waals surface area contributed by atoms with Crippen molar-refractivity contribution < 1.29 is 22.8 Å². The highest BCUT2D eigenvalue weighted by Crippen LogP contribution is 2.28. The van der Waals surface area contributed by atoms with E-state index in [1.165, 1.54) is 4.88 Å². The van der Waals surface area contributed by atoms with Crippen LogP contribution in [0, 0.1) is 5.92 Å². The largest absolute Gasteiger partial charge is 0.390 e. The second kappa shape index (κ2) is 12.6. The molecule has 0 fully saturated rings. The van der Waals surface area contributed by atoms with Gasteiger partial charge in [0, 0.05) is 29.4 Å². The van der Waals surface area contributed by atoms with E-state index in [0.717, 1.165) is 24.2 Å². The maximum Gasteiger partial charge on any atom is 0.390 e. The zero-order valence-electron chi connectivity index (χ0n) is 21.7. The molecule has 3 rings (SSSR count). The first-order valence-electron chi connectivity index (χ1n) is 12.7. The van der Waals surface area contributed by atoms with E-state index in [1.807, 2.05) is 31.4 Å². The van der Waals surface area contributed by atoms with Gasteiger partial charge in [0.2, 0.25) is 5.91 Å². The van der Waals surface area contributed by atoms with Crippen LogP contribution >= 0.6 is 11.3 Å². The van der Waals surface area contributed by atoms with Gasteiger partial charge in [-0.2, -0.15) is 13.2 Å². The molecule has 0 aliphatic carbocycles. The van der Waals surface area contributed by atoms with Crippen molar-refractivity contribution in [2.75, 3.05) is 6.54 Å². The van der Waals surface area contributed by atoms with Gasteiger partial charge in [-0.15, -0.1) is 11.3 Å². The fraction of sp³-hybridized carbons (Fsp3) is 0.519. The lowest BCUT2D eigenvalue weighted by Gasteiger charge is -2.21. The number of nitrogens with one attached hydrogen (secondary N) is 2. The number of hydrogen-bond donors (Lipinski definition) is 2. The number of imidazole rings is 1. The minimum atomic E-state index is -4.36. The van der Waals surface area contributed by atoms with Crippen LogP contribution in [0.4, 0.5) is 13.2 Å². The van der Waals surface area contributed by atoms with E-state index < -0.39 is 37.0 Å². The summed E-state index contributed by atoms with van der Waals surface area (Å²) in [5.74, 6) is -0.0962. The molecule has 2 heterocycles. The van der Waals surface area contributed by atoms with E-state index in [1.54, 1.807) is 23.5 Å². The molecular formula is C27H35F3N4O2S. The second-order valence-corrected chi connectivity index (χ2v) is 10.7. The zero-order chi connectivity index (χ0) is 27.2. The number of aromatic nitrogens is 2. The maximum atomic E-state index is 13.1. The molecular weight excluding hydrogens is 501 g/mol. The summed E-state index contributed by atoms with van der Waals surface area (Å²) in [4.78, 5) is 31.8. The Hall–Kier alpha value is -2.88. The van der Waals surface area contributed by atoms with Gasteiger partial charge in [-0.25, -0.2) is 4.98 Å². The quantitative estimate of drug-likeness (QED) is 0.287. The molecule has 0 aliphatic rings. The lowest BCUT2D eigenvalue weighted by Crippen LogP contribution is -2.48. The molecule has 0 aliphatic heterocycles. The number of rotatable bonds is 12. The number of thiophene rings is 1. The Labute approximate surface area is 219 Å². The summed E-state index contributed by atoms with van der Waals surface area (Å²) in [6, 6.07) is 8.74. The zero-order valence-corrected chi connectivity index (χ0v) is 22.5. The van der Waals surface area contributed by atoms with Gasteiger partial charge in [0.15, 0.2) is 0 Å². The highest BCUT2D eigenvalue weighted by Gasteiger charge is 2.28. The van der Waals surface area contributed by atoms with Gasteiger partial charge in [0.1, 0.15) is 11.9 Å². The summed E-state index contributed by atoms with van der Waals surface area (Å²) >= 11 is 1.67. The van der Waals surface area contributed by atoms with Gasteiger partial charge >= 0.3 is 6.18 Å². The van der Waals surface area contributed by atoms with E-state index in [9.17, 15) is 22.8 Å². The topological polar surface area (TPSA) is 76.0 Å². The SMILES string of the molecule is CCC(CC)n1c(Cc2cccs2)nc2cc(C(=O)N[C@@H](CC(C)C)C(=O)NCCC(F)(F)F)ccc21. The number of carbonyl (C=O) groups excluding carboxylic acids is 2. The third-order valence-corrected chi connectivity index (χ3v) is 7.16. The van der Waals surface area contributed by atoms with Crippen molar-refractivity contribution >= 4 is 34.2 Å². The van der Waals surface area contributed by atoms with Crippen molar-refractivity contribution in [3.05, 3.63) is 52.0 Å². The molecule has 0 saturated carbocycles. The van der Waals surface area contributed by atoms with Gasteiger partial charge in [-0.1, -0.05) is 33.8 Å². The fourth-order valence-corrected chi connectivity index (χ4v) is 5.14. The molecule has 0 bridgehead atoms. The Balaban J connectivity index is 1.84. The van der Waals surface area contributed by atoms with E-state index >= 15 is 0 Å². The number of nitrogens with zero attached hydrogens (tertiary/aromatic N) is 2. The molecule has 0 saturated heterocycles. The van der Waals surface area contributed by atoms with Crippen LogP contribution in [-0.4, -0.2) is 40.1 Å². The van der Waals surface area contributed by atoms with Crippen molar-refractivity contribution in [3.8, 4) is 0 Å². The monoisotopic (exact) mass is 536 g/mol. The molecule has 10 heteroatoms. The summed E-state index contributed by atoms with van der Waals surface area (Å²) in [7, 11) is 0. The first-order chi connectivity index (χ1) is 17.5. The van der Waals surface area contributed by atoms with Crippen LogP contribution in [-0.2, 0) is 11.2 Å². The molecule has 202 valence electrons. The average molecular weight is 537 g/mol. The van der Waals surface area contributed by atoms with Crippen molar-refractivity contribution in [3.63, 3.8) is 0 Å². The highest BCUT2D eigenvalue weighted by atomic mass is 32.1. The number of fused-ring (bicyclic) bond motifs is 1. The Kier molecular flexibility index (Phi) is 9.75. The van der Waals surface area contributed by atoms with Crippen LogP contribution in [0.5, 0.6) is 0 Å². The third-order valence-electron chi connectivity index (χ3n) is 6.28. The minimum Gasteiger partial charge on any atom is -0.354 e. The van der Waals surface area contributed by atoms with Crippen molar-refractivity contribution in [2.45, 2.75) is 78.1 Å². The normalized spacial score (nSPS) is 12.9. The molecule has 1 aromatic carbocycles. The average Bonchev–Trinajstić information content (AvgIpc) is 3.46. The Bertz CT molecular complexity index is 1180. The molecule has 6 nitrogen and oxygen atoms in total. The van der Waals surface area contributed by atoms with E-state index in [-0.39, 0.29) is 12.0 Å². The molecule has 3 aromatic rings. The summed E-state index contributed by atoms with van der Waals surface area (Å²) in [5.41, 5.74) is 1.99. The summed E-state index contributed by atoms with van der Waals surface area (Å²) in [6.07, 6.45) is -2.59. The first kappa shape index (κ1) is 28.7. The van der Waals surface area contributed by atoms with Crippen LogP contribution in [0.1, 0.15) is 80.5 Å². The number of amides is 2. The molecule has 1 atom stereocenters. The number of hydrogen-bond acceptors (Lipinski definition) is 4. The number of benzene rings is 1.